The minimum atomic E-state index is -0.613. The number of imide groups is 1. The second-order valence-corrected chi connectivity index (χ2v) is 4.88. The Kier molecular flexibility index (Phi) is 2.75. The van der Waals surface area contributed by atoms with Crippen molar-refractivity contribution in [3.05, 3.63) is 34.9 Å². The molecule has 0 saturated carbocycles. The van der Waals surface area contributed by atoms with Gasteiger partial charge in [0.05, 0.1) is 11.6 Å². The zero-order chi connectivity index (χ0) is 14.3. The number of rotatable bonds is 1. The van der Waals surface area contributed by atoms with Crippen LogP contribution >= 0.6 is 0 Å². The Morgan fingerprint density at radius 3 is 2.80 bits per heavy atom. The summed E-state index contributed by atoms with van der Waals surface area (Å²) in [5.74, 6) is -0.955. The average molecular weight is 269 g/mol. The van der Waals surface area contributed by atoms with Crippen molar-refractivity contribution in [3.63, 3.8) is 0 Å². The topological polar surface area (TPSA) is 90.3 Å². The van der Waals surface area contributed by atoms with Crippen LogP contribution in [0.4, 0.5) is 0 Å². The number of amides is 3. The highest BCUT2D eigenvalue weighted by Crippen LogP contribution is 2.27. The molecule has 2 aliphatic heterocycles. The van der Waals surface area contributed by atoms with Gasteiger partial charge in [-0.25, -0.2) is 0 Å². The Hall–Kier alpha value is -2.68. The number of carbonyl (C=O) groups is 3. The number of carbonyl (C=O) groups excluding carboxylic acids is 3. The van der Waals surface area contributed by atoms with Gasteiger partial charge in [0.1, 0.15) is 6.04 Å². The molecule has 1 aromatic rings. The average Bonchev–Trinajstić information content (AvgIpc) is 2.75. The number of hydrogen-bond donors (Lipinski definition) is 1. The summed E-state index contributed by atoms with van der Waals surface area (Å²) in [6.45, 7) is 0.302. The first-order valence-electron chi connectivity index (χ1n) is 6.28. The number of nitrogens with one attached hydrogen (secondary N) is 1. The number of piperidine rings is 1. The van der Waals surface area contributed by atoms with Crippen molar-refractivity contribution >= 4 is 17.7 Å². The van der Waals surface area contributed by atoms with Gasteiger partial charge in [-0.1, -0.05) is 0 Å². The summed E-state index contributed by atoms with van der Waals surface area (Å²) >= 11 is 0. The predicted octanol–water partition coefficient (Wildman–Crippen LogP) is 0.319. The van der Waals surface area contributed by atoms with E-state index < -0.39 is 11.9 Å². The van der Waals surface area contributed by atoms with E-state index in [0.717, 1.165) is 5.56 Å². The van der Waals surface area contributed by atoms with E-state index in [1.807, 2.05) is 6.07 Å². The highest BCUT2D eigenvalue weighted by Gasteiger charge is 2.38. The van der Waals surface area contributed by atoms with Crippen LogP contribution in [0.2, 0.25) is 0 Å². The molecular formula is C14H11N3O3. The van der Waals surface area contributed by atoms with Gasteiger partial charge in [-0.15, -0.1) is 0 Å². The summed E-state index contributed by atoms with van der Waals surface area (Å²) in [7, 11) is 0. The lowest BCUT2D eigenvalue weighted by atomic mass is 10.0. The van der Waals surface area contributed by atoms with E-state index in [1.165, 1.54) is 4.90 Å². The first-order chi connectivity index (χ1) is 9.60. The van der Waals surface area contributed by atoms with E-state index in [4.69, 9.17) is 5.26 Å². The molecule has 1 N–H and O–H groups in total. The fourth-order valence-electron chi connectivity index (χ4n) is 2.64. The maximum absolute atomic E-state index is 12.3. The molecule has 3 amide bonds. The molecule has 6 nitrogen and oxygen atoms in total. The summed E-state index contributed by atoms with van der Waals surface area (Å²) < 4.78 is 0. The number of hydrogen-bond acceptors (Lipinski definition) is 4. The van der Waals surface area contributed by atoms with Crippen LogP contribution in [0.25, 0.3) is 0 Å². The molecule has 0 spiro atoms. The summed E-state index contributed by atoms with van der Waals surface area (Å²) in [4.78, 5) is 36.7. The van der Waals surface area contributed by atoms with E-state index in [-0.39, 0.29) is 18.2 Å². The minimum absolute atomic E-state index is 0.223. The van der Waals surface area contributed by atoms with Crippen LogP contribution in [0, 0.1) is 11.3 Å². The molecule has 1 fully saturated rings. The second-order valence-electron chi connectivity index (χ2n) is 4.88. The molecule has 1 saturated heterocycles. The normalized spacial score (nSPS) is 21.4. The minimum Gasteiger partial charge on any atom is -0.322 e. The zero-order valence-electron chi connectivity index (χ0n) is 10.5. The lowest BCUT2D eigenvalue weighted by molar-refractivity contribution is -0.136. The third kappa shape index (κ3) is 1.84. The smallest absolute Gasteiger partial charge is 0.255 e. The van der Waals surface area contributed by atoms with Gasteiger partial charge in [0, 0.05) is 18.5 Å². The molecular weight excluding hydrogens is 258 g/mol. The van der Waals surface area contributed by atoms with E-state index in [2.05, 4.69) is 5.32 Å². The van der Waals surface area contributed by atoms with Crippen LogP contribution in [0.15, 0.2) is 18.2 Å². The van der Waals surface area contributed by atoms with E-state index >= 15 is 0 Å². The molecule has 6 heteroatoms. The van der Waals surface area contributed by atoms with Gasteiger partial charge in [0.15, 0.2) is 0 Å². The highest BCUT2D eigenvalue weighted by molar-refractivity contribution is 6.05. The van der Waals surface area contributed by atoms with Crippen LogP contribution in [-0.2, 0) is 16.1 Å². The van der Waals surface area contributed by atoms with Gasteiger partial charge in [0.2, 0.25) is 11.8 Å². The first kappa shape index (κ1) is 12.4. The third-order valence-corrected chi connectivity index (χ3v) is 3.65. The van der Waals surface area contributed by atoms with Crippen molar-refractivity contribution in [2.75, 3.05) is 0 Å². The number of nitrogens with zero attached hydrogens (tertiary/aromatic N) is 2. The van der Waals surface area contributed by atoms with Crippen LogP contribution in [0.5, 0.6) is 0 Å². The molecule has 0 radical (unpaired) electrons. The Morgan fingerprint density at radius 2 is 2.10 bits per heavy atom. The molecule has 2 aliphatic rings. The predicted molar refractivity (Wildman–Crippen MR) is 67.2 cm³/mol. The molecule has 0 aromatic heterocycles. The third-order valence-electron chi connectivity index (χ3n) is 3.65. The number of benzene rings is 1. The Bertz CT molecular complexity index is 675. The van der Waals surface area contributed by atoms with E-state index in [9.17, 15) is 14.4 Å². The summed E-state index contributed by atoms with van der Waals surface area (Å²) in [6, 6.07) is 6.28. The lowest BCUT2D eigenvalue weighted by Gasteiger charge is -2.29. The summed E-state index contributed by atoms with van der Waals surface area (Å²) in [5, 5.41) is 11.1. The van der Waals surface area contributed by atoms with Crippen LogP contribution < -0.4 is 5.32 Å². The monoisotopic (exact) mass is 269 g/mol. The molecule has 0 bridgehead atoms. The Labute approximate surface area is 115 Å². The van der Waals surface area contributed by atoms with Gasteiger partial charge in [0.25, 0.3) is 5.91 Å². The summed E-state index contributed by atoms with van der Waals surface area (Å²) in [6.07, 6.45) is 0.579. The second kappa shape index (κ2) is 4.46. The molecule has 0 aliphatic carbocycles. The fraction of sp³-hybridized carbons (Fsp3) is 0.286. The molecule has 100 valence electrons. The SMILES string of the molecule is N#Cc1ccc2c(c1)CN([C@H]1CCC(=O)NC1=O)C2=O. The quantitative estimate of drug-likeness (QED) is 0.743. The summed E-state index contributed by atoms with van der Waals surface area (Å²) in [5.41, 5.74) is 1.76. The molecule has 1 atom stereocenters. The van der Waals surface area contributed by atoms with Gasteiger partial charge in [-0.05, 0) is 30.2 Å². The van der Waals surface area contributed by atoms with E-state index in [1.54, 1.807) is 18.2 Å². The van der Waals surface area contributed by atoms with Gasteiger partial charge in [-0.2, -0.15) is 5.26 Å². The van der Waals surface area contributed by atoms with Crippen molar-refractivity contribution in [3.8, 4) is 6.07 Å². The highest BCUT2D eigenvalue weighted by atomic mass is 16.2. The van der Waals surface area contributed by atoms with Gasteiger partial charge in [-0.3, -0.25) is 19.7 Å². The molecule has 1 aromatic carbocycles. The number of nitriles is 1. The van der Waals surface area contributed by atoms with Gasteiger partial charge < -0.3 is 4.90 Å². The van der Waals surface area contributed by atoms with Crippen molar-refractivity contribution in [1.29, 1.82) is 5.26 Å². The first-order valence-corrected chi connectivity index (χ1v) is 6.28. The van der Waals surface area contributed by atoms with Crippen LogP contribution in [-0.4, -0.2) is 28.7 Å². The largest absolute Gasteiger partial charge is 0.322 e. The van der Waals surface area contributed by atoms with Crippen LogP contribution in [0.1, 0.15) is 34.3 Å². The van der Waals surface area contributed by atoms with Crippen LogP contribution in [0.3, 0.4) is 0 Å². The standard InChI is InChI=1S/C14H11N3O3/c15-6-8-1-2-10-9(5-8)7-17(14(10)20)11-3-4-12(18)16-13(11)19/h1-2,5,11H,3-4,7H2,(H,16,18,19)/t11-/m0/s1. The fourth-order valence-corrected chi connectivity index (χ4v) is 2.64. The molecule has 2 heterocycles. The maximum atomic E-state index is 12.3. The van der Waals surface area contributed by atoms with Crippen molar-refractivity contribution < 1.29 is 14.4 Å². The molecule has 0 unspecified atom stereocenters. The number of fused-ring (bicyclic) bond motifs is 1. The lowest BCUT2D eigenvalue weighted by Crippen LogP contribution is -2.52. The maximum Gasteiger partial charge on any atom is 0.255 e. The Morgan fingerprint density at radius 1 is 1.30 bits per heavy atom. The molecule has 20 heavy (non-hydrogen) atoms. The molecule has 3 rings (SSSR count). The van der Waals surface area contributed by atoms with Crippen molar-refractivity contribution in [1.82, 2.24) is 10.2 Å². The van der Waals surface area contributed by atoms with Crippen molar-refractivity contribution in [2.45, 2.75) is 25.4 Å². The van der Waals surface area contributed by atoms with E-state index in [0.29, 0.717) is 24.1 Å². The van der Waals surface area contributed by atoms with Gasteiger partial charge >= 0.3 is 0 Å². The van der Waals surface area contributed by atoms with Crippen molar-refractivity contribution in [2.24, 2.45) is 0 Å². The Balaban J connectivity index is 1.88. The zero-order valence-corrected chi connectivity index (χ0v) is 10.5.